The lowest BCUT2D eigenvalue weighted by Crippen LogP contribution is -2.66. The van der Waals surface area contributed by atoms with Gasteiger partial charge in [-0.15, -0.1) is 0 Å². The maximum absolute atomic E-state index is 2.62. The van der Waals surface area contributed by atoms with Crippen LogP contribution in [-0.4, -0.2) is 0 Å². The van der Waals surface area contributed by atoms with Crippen LogP contribution in [0.25, 0.3) is 0 Å². The maximum Gasteiger partial charge on any atom is -0.0241 e. The zero-order valence-electron chi connectivity index (χ0n) is 38.4. The normalized spacial score (nSPS) is 18.1. The summed E-state index contributed by atoms with van der Waals surface area (Å²) in [6, 6.07) is 0. The van der Waals surface area contributed by atoms with E-state index in [9.17, 15) is 0 Å². The highest BCUT2D eigenvalue weighted by molar-refractivity contribution is 5.17. The van der Waals surface area contributed by atoms with Crippen LogP contribution in [0.1, 0.15) is 214 Å². The summed E-state index contributed by atoms with van der Waals surface area (Å²) in [4.78, 5) is 0. The molecule has 0 fully saturated rings. The second-order valence-corrected chi connectivity index (χ2v) is 24.1. The summed E-state index contributed by atoms with van der Waals surface area (Å²) in [6.07, 6.45) is 1.21. The van der Waals surface area contributed by atoms with Crippen molar-refractivity contribution in [2.24, 2.45) is 82.2 Å². The van der Waals surface area contributed by atoms with Gasteiger partial charge in [-0.2, -0.15) is 0 Å². The molecule has 0 rings (SSSR count). The second kappa shape index (κ2) is 12.1. The van der Waals surface area contributed by atoms with Crippen molar-refractivity contribution in [1.29, 1.82) is 0 Å². The molecule has 0 saturated carbocycles. The van der Waals surface area contributed by atoms with E-state index in [1.165, 1.54) is 6.42 Å². The van der Waals surface area contributed by atoms with E-state index in [0.29, 0.717) is 11.8 Å². The van der Waals surface area contributed by atoms with E-state index >= 15 is 0 Å². The van der Waals surface area contributed by atoms with E-state index in [0.717, 1.165) is 0 Å². The van der Waals surface area contributed by atoms with E-state index in [2.05, 4.69) is 208 Å². The molecule has 0 aliphatic carbocycles. The van der Waals surface area contributed by atoms with Crippen molar-refractivity contribution >= 4 is 0 Å². The summed E-state index contributed by atoms with van der Waals surface area (Å²) < 4.78 is 0. The van der Waals surface area contributed by atoms with Crippen LogP contribution >= 0.6 is 0 Å². The predicted octanol–water partition coefficient (Wildman–Crippen LogP) is 16.0. The summed E-state index contributed by atoms with van der Waals surface area (Å²) >= 11 is 0. The molecule has 0 spiro atoms. The van der Waals surface area contributed by atoms with Crippen LogP contribution in [0.15, 0.2) is 0 Å². The van der Waals surface area contributed by atoms with Gasteiger partial charge in [-0.1, -0.05) is 214 Å². The Morgan fingerprint density at radius 3 is 0.696 bits per heavy atom. The van der Waals surface area contributed by atoms with Crippen molar-refractivity contribution in [3.63, 3.8) is 0 Å². The molecule has 0 bridgehead atoms. The fourth-order valence-corrected chi connectivity index (χ4v) is 10.1. The molecule has 0 saturated heterocycles. The molecule has 0 N–H and O–H groups in total. The zero-order valence-corrected chi connectivity index (χ0v) is 38.4. The van der Waals surface area contributed by atoms with Gasteiger partial charge < -0.3 is 0 Å². The van der Waals surface area contributed by atoms with Gasteiger partial charge in [0, 0.05) is 0 Å². The van der Waals surface area contributed by atoms with Crippen LogP contribution in [0.4, 0.5) is 0 Å². The van der Waals surface area contributed by atoms with Crippen molar-refractivity contribution in [2.45, 2.75) is 214 Å². The molecule has 0 aromatic carbocycles. The molecular formula is C46H94. The van der Waals surface area contributed by atoms with Crippen LogP contribution in [0.2, 0.25) is 0 Å². The lowest BCUT2D eigenvalue weighted by molar-refractivity contribution is -0.243. The highest BCUT2D eigenvalue weighted by atomic mass is 14.7. The van der Waals surface area contributed by atoms with Crippen molar-refractivity contribution < 1.29 is 0 Å². The van der Waals surface area contributed by atoms with E-state index in [-0.39, 0.29) is 70.4 Å². The van der Waals surface area contributed by atoms with Gasteiger partial charge in [-0.25, -0.2) is 0 Å². The van der Waals surface area contributed by atoms with Crippen LogP contribution in [-0.2, 0) is 0 Å². The molecule has 0 unspecified atom stereocenters. The molecule has 46 heavy (non-hydrogen) atoms. The summed E-state index contributed by atoms with van der Waals surface area (Å²) in [5, 5.41) is 0. The molecule has 278 valence electrons. The Morgan fingerprint density at radius 2 is 0.478 bits per heavy atom. The highest BCUT2D eigenvalue weighted by Gasteiger charge is 2.69. The Morgan fingerprint density at radius 1 is 0.283 bits per heavy atom. The average molecular weight is 647 g/mol. The number of rotatable bonds is 14. The molecule has 2 atom stereocenters. The highest BCUT2D eigenvalue weighted by Crippen LogP contribution is 2.75. The lowest BCUT2D eigenvalue weighted by Gasteiger charge is -2.72. The van der Waals surface area contributed by atoms with Gasteiger partial charge in [-0.05, 0) is 82.2 Å². The molecule has 0 aromatic heterocycles. The first-order valence-corrected chi connectivity index (χ1v) is 19.4. The van der Waals surface area contributed by atoms with Gasteiger partial charge in [0.05, 0.1) is 0 Å². The number of hydrogen-bond acceptors (Lipinski definition) is 0. The Hall–Kier alpha value is 0. The average Bonchev–Trinajstić information content (AvgIpc) is 2.85. The van der Waals surface area contributed by atoms with E-state index < -0.39 is 0 Å². The monoisotopic (exact) mass is 647 g/mol. The number of hydrogen-bond donors (Lipinski definition) is 0. The lowest BCUT2D eigenvalue weighted by atomic mass is 9.32. The smallest absolute Gasteiger partial charge is 0.0241 e. The largest absolute Gasteiger partial charge is 0.0649 e. The molecule has 0 heteroatoms. The van der Waals surface area contributed by atoms with Gasteiger partial charge >= 0.3 is 0 Å². The van der Waals surface area contributed by atoms with Gasteiger partial charge in [-0.3, -0.25) is 0 Å². The SMILES string of the molecule is CCC(C)(C)C(C)(C)[C@@H](C)[C@H](C)C(C)(C)C(C)(C)C(C)(C)C(C)(C)C(C)(C)C(C)(C)C(C)(C)C(C)(C)C(C)(C)C(C)(C)C(C)(C)C. The fraction of sp³-hybridized carbons (Fsp3) is 1.00. The van der Waals surface area contributed by atoms with Crippen LogP contribution in [0.5, 0.6) is 0 Å². The molecule has 0 radical (unpaired) electrons. The summed E-state index contributed by atoms with van der Waals surface area (Å²) in [5.74, 6) is 1.15. The summed E-state index contributed by atoms with van der Waals surface area (Å²) in [5.41, 5.74) is 1.25. The third-order valence-corrected chi connectivity index (χ3v) is 21.6. The van der Waals surface area contributed by atoms with E-state index in [4.69, 9.17) is 0 Å². The van der Waals surface area contributed by atoms with Gasteiger partial charge in [0.25, 0.3) is 0 Å². The Balaban J connectivity index is 7.34. The van der Waals surface area contributed by atoms with Crippen molar-refractivity contribution in [3.05, 3.63) is 0 Å². The first-order valence-electron chi connectivity index (χ1n) is 19.4. The third-order valence-electron chi connectivity index (χ3n) is 21.6. The standard InChI is InChI=1S/C46H94/c1-31-35(7,8)36(9,10)32(2)33(3)37(11,12)39(15,16)41(19,20)43(23,24)45(27,28)46(29,30)44(25,26)42(21,22)40(17,18)38(13,14)34(4,5)6/h32-33H,31H2,1-30H3/t32-,33-/m0/s1. The fourth-order valence-electron chi connectivity index (χ4n) is 10.1. The van der Waals surface area contributed by atoms with E-state index in [1.807, 2.05) is 0 Å². The van der Waals surface area contributed by atoms with Crippen molar-refractivity contribution in [1.82, 2.24) is 0 Å². The van der Waals surface area contributed by atoms with E-state index in [1.54, 1.807) is 0 Å². The minimum absolute atomic E-state index is 0.0118. The molecule has 0 aliphatic heterocycles. The quantitative estimate of drug-likeness (QED) is 0.176. The Bertz CT molecular complexity index is 1030. The summed E-state index contributed by atoms with van der Waals surface area (Å²) in [6.45, 7) is 76.8. The van der Waals surface area contributed by atoms with Crippen LogP contribution < -0.4 is 0 Å². The van der Waals surface area contributed by atoms with Crippen molar-refractivity contribution in [2.75, 3.05) is 0 Å². The Labute approximate surface area is 295 Å². The first kappa shape index (κ1) is 46.0. The maximum atomic E-state index is 2.62. The molecule has 0 heterocycles. The van der Waals surface area contributed by atoms with Crippen molar-refractivity contribution in [3.8, 4) is 0 Å². The molecule has 0 nitrogen and oxygen atoms in total. The summed E-state index contributed by atoms with van der Waals surface area (Å²) in [7, 11) is 0. The first-order chi connectivity index (χ1) is 19.4. The molecule has 0 amide bonds. The van der Waals surface area contributed by atoms with Crippen LogP contribution in [0.3, 0.4) is 0 Å². The zero-order chi connectivity index (χ0) is 38.4. The Kier molecular flexibility index (Phi) is 12.1. The van der Waals surface area contributed by atoms with Gasteiger partial charge in [0.2, 0.25) is 0 Å². The molecule has 0 aliphatic rings. The minimum Gasteiger partial charge on any atom is -0.0649 e. The second-order valence-electron chi connectivity index (χ2n) is 24.1. The topological polar surface area (TPSA) is 0 Å². The predicted molar refractivity (Wildman–Crippen MR) is 213 cm³/mol. The minimum atomic E-state index is 0.0118. The third kappa shape index (κ3) is 5.84. The van der Waals surface area contributed by atoms with Crippen LogP contribution in [0, 0.1) is 82.2 Å². The van der Waals surface area contributed by atoms with Gasteiger partial charge in [0.1, 0.15) is 0 Å². The molecule has 0 aromatic rings. The van der Waals surface area contributed by atoms with Gasteiger partial charge in [0.15, 0.2) is 0 Å². The molecular weight excluding hydrogens is 553 g/mol.